The van der Waals surface area contributed by atoms with E-state index < -0.39 is 0 Å². The topological polar surface area (TPSA) is 21.3 Å². The van der Waals surface area contributed by atoms with Crippen LogP contribution < -0.4 is 5.32 Å². The second-order valence-corrected chi connectivity index (χ2v) is 5.65. The average molecular weight is 225 g/mol. The minimum absolute atomic E-state index is 0.473. The molecule has 0 bridgehead atoms. The summed E-state index contributed by atoms with van der Waals surface area (Å²) in [5, 5.41) is 3.66. The Morgan fingerprint density at radius 2 is 2.00 bits per heavy atom. The standard InChI is InChI=1S/C14H27NO/c1-3-15-13(10-12-6-4-5-7-12)14-11(2)8-9-16-14/h11-15H,3-10H2,1-2H3. The molecular weight excluding hydrogens is 198 g/mol. The van der Waals surface area contributed by atoms with Gasteiger partial charge in [0.05, 0.1) is 6.10 Å². The van der Waals surface area contributed by atoms with Crippen LogP contribution in [0.2, 0.25) is 0 Å². The molecule has 1 aliphatic heterocycles. The highest BCUT2D eigenvalue weighted by Crippen LogP contribution is 2.32. The van der Waals surface area contributed by atoms with Gasteiger partial charge < -0.3 is 10.1 Å². The van der Waals surface area contributed by atoms with Crippen LogP contribution in [0.4, 0.5) is 0 Å². The van der Waals surface area contributed by atoms with Gasteiger partial charge in [0.25, 0.3) is 0 Å². The van der Waals surface area contributed by atoms with Crippen LogP contribution >= 0.6 is 0 Å². The van der Waals surface area contributed by atoms with Crippen molar-refractivity contribution < 1.29 is 4.74 Å². The molecule has 1 aliphatic carbocycles. The first kappa shape index (κ1) is 12.4. The lowest BCUT2D eigenvalue weighted by atomic mass is 9.89. The summed E-state index contributed by atoms with van der Waals surface area (Å²) in [5.74, 6) is 1.70. The van der Waals surface area contributed by atoms with Crippen molar-refractivity contribution in [2.75, 3.05) is 13.2 Å². The number of ether oxygens (including phenoxy) is 1. The number of likely N-dealkylation sites (N-methyl/N-ethyl adjacent to an activating group) is 1. The Morgan fingerprint density at radius 3 is 2.56 bits per heavy atom. The quantitative estimate of drug-likeness (QED) is 0.776. The van der Waals surface area contributed by atoms with Gasteiger partial charge in [-0.2, -0.15) is 0 Å². The lowest BCUT2D eigenvalue weighted by Crippen LogP contribution is -2.43. The monoisotopic (exact) mass is 225 g/mol. The second-order valence-electron chi connectivity index (χ2n) is 5.65. The van der Waals surface area contributed by atoms with Gasteiger partial charge >= 0.3 is 0 Å². The van der Waals surface area contributed by atoms with E-state index in [4.69, 9.17) is 4.74 Å². The van der Waals surface area contributed by atoms with Crippen LogP contribution in [0.1, 0.15) is 52.4 Å². The molecule has 0 aromatic heterocycles. The van der Waals surface area contributed by atoms with Crippen molar-refractivity contribution in [3.8, 4) is 0 Å². The highest BCUT2D eigenvalue weighted by atomic mass is 16.5. The zero-order valence-electron chi connectivity index (χ0n) is 10.9. The first-order chi connectivity index (χ1) is 7.81. The van der Waals surface area contributed by atoms with Crippen LogP contribution in [0, 0.1) is 11.8 Å². The highest BCUT2D eigenvalue weighted by molar-refractivity contribution is 4.87. The van der Waals surface area contributed by atoms with E-state index in [-0.39, 0.29) is 0 Å². The molecular formula is C14H27NO. The van der Waals surface area contributed by atoms with Crippen LogP contribution in [-0.2, 0) is 4.74 Å². The molecule has 2 heteroatoms. The number of hydrogen-bond acceptors (Lipinski definition) is 2. The van der Waals surface area contributed by atoms with Gasteiger partial charge in [-0.3, -0.25) is 0 Å². The van der Waals surface area contributed by atoms with E-state index in [9.17, 15) is 0 Å². The maximum atomic E-state index is 5.93. The number of hydrogen-bond donors (Lipinski definition) is 1. The third-order valence-electron chi connectivity index (χ3n) is 4.37. The lowest BCUT2D eigenvalue weighted by Gasteiger charge is -2.29. The molecule has 1 saturated carbocycles. The van der Waals surface area contributed by atoms with Crippen LogP contribution in [0.25, 0.3) is 0 Å². The molecule has 0 amide bonds. The minimum atomic E-state index is 0.473. The normalized spacial score (nSPS) is 33.4. The van der Waals surface area contributed by atoms with Crippen molar-refractivity contribution in [2.24, 2.45) is 11.8 Å². The van der Waals surface area contributed by atoms with Crippen LogP contribution in [0.15, 0.2) is 0 Å². The Morgan fingerprint density at radius 1 is 1.25 bits per heavy atom. The molecule has 2 rings (SSSR count). The molecule has 3 atom stereocenters. The molecule has 0 aromatic carbocycles. The highest BCUT2D eigenvalue weighted by Gasteiger charge is 2.33. The summed E-state index contributed by atoms with van der Waals surface area (Å²) in [6, 6.07) is 0.602. The Bertz CT molecular complexity index is 201. The van der Waals surface area contributed by atoms with Crippen molar-refractivity contribution in [2.45, 2.75) is 64.5 Å². The number of nitrogens with one attached hydrogen (secondary N) is 1. The first-order valence-electron chi connectivity index (χ1n) is 7.16. The molecule has 1 N–H and O–H groups in total. The van der Waals surface area contributed by atoms with Crippen molar-refractivity contribution in [1.82, 2.24) is 5.32 Å². The first-order valence-corrected chi connectivity index (χ1v) is 7.16. The third kappa shape index (κ3) is 2.98. The molecule has 1 saturated heterocycles. The molecule has 1 heterocycles. The largest absolute Gasteiger partial charge is 0.376 e. The summed E-state index contributed by atoms with van der Waals surface area (Å²) in [5.41, 5.74) is 0. The van der Waals surface area contributed by atoms with Crippen molar-refractivity contribution in [3.05, 3.63) is 0 Å². The lowest BCUT2D eigenvalue weighted by molar-refractivity contribution is 0.0535. The SMILES string of the molecule is CCNC(CC1CCCC1)C1OCCC1C. The zero-order valence-corrected chi connectivity index (χ0v) is 10.9. The summed E-state index contributed by atoms with van der Waals surface area (Å²) >= 11 is 0. The van der Waals surface area contributed by atoms with Gasteiger partial charge in [0.1, 0.15) is 0 Å². The van der Waals surface area contributed by atoms with Gasteiger partial charge in [0, 0.05) is 12.6 Å². The fraction of sp³-hybridized carbons (Fsp3) is 1.00. The predicted molar refractivity (Wildman–Crippen MR) is 67.6 cm³/mol. The fourth-order valence-corrected chi connectivity index (χ4v) is 3.43. The molecule has 0 aromatic rings. The fourth-order valence-electron chi connectivity index (χ4n) is 3.43. The molecule has 94 valence electrons. The van der Waals surface area contributed by atoms with E-state index in [1.807, 2.05) is 0 Å². The minimum Gasteiger partial charge on any atom is -0.376 e. The average Bonchev–Trinajstić information content (AvgIpc) is 2.88. The van der Waals surface area contributed by atoms with E-state index in [2.05, 4.69) is 19.2 Å². The Labute approximate surface area is 100 Å². The molecule has 2 fully saturated rings. The van der Waals surface area contributed by atoms with Crippen molar-refractivity contribution >= 4 is 0 Å². The van der Waals surface area contributed by atoms with Gasteiger partial charge in [-0.1, -0.05) is 39.5 Å². The molecule has 0 radical (unpaired) electrons. The number of rotatable bonds is 5. The van der Waals surface area contributed by atoms with Crippen molar-refractivity contribution in [3.63, 3.8) is 0 Å². The van der Waals surface area contributed by atoms with Crippen molar-refractivity contribution in [1.29, 1.82) is 0 Å². The maximum Gasteiger partial charge on any atom is 0.0754 e. The second kappa shape index (κ2) is 6.02. The van der Waals surface area contributed by atoms with E-state index >= 15 is 0 Å². The summed E-state index contributed by atoms with van der Waals surface area (Å²) in [6.07, 6.45) is 8.85. The van der Waals surface area contributed by atoms with Gasteiger partial charge in [0.2, 0.25) is 0 Å². The van der Waals surface area contributed by atoms with Gasteiger partial charge in [0.15, 0.2) is 0 Å². The Balaban J connectivity index is 1.87. The smallest absolute Gasteiger partial charge is 0.0754 e. The Kier molecular flexibility index (Phi) is 4.66. The molecule has 3 unspecified atom stereocenters. The van der Waals surface area contributed by atoms with Gasteiger partial charge in [-0.25, -0.2) is 0 Å². The molecule has 2 nitrogen and oxygen atoms in total. The summed E-state index contributed by atoms with van der Waals surface area (Å²) in [7, 11) is 0. The summed E-state index contributed by atoms with van der Waals surface area (Å²) < 4.78 is 5.93. The van der Waals surface area contributed by atoms with E-state index in [0.29, 0.717) is 12.1 Å². The van der Waals surface area contributed by atoms with E-state index in [1.54, 1.807) is 0 Å². The van der Waals surface area contributed by atoms with Crippen LogP contribution in [0.3, 0.4) is 0 Å². The van der Waals surface area contributed by atoms with Crippen LogP contribution in [0.5, 0.6) is 0 Å². The van der Waals surface area contributed by atoms with Gasteiger partial charge in [-0.05, 0) is 31.2 Å². The summed E-state index contributed by atoms with van der Waals surface area (Å²) in [6.45, 7) is 6.60. The van der Waals surface area contributed by atoms with Crippen LogP contribution in [-0.4, -0.2) is 25.3 Å². The van der Waals surface area contributed by atoms with E-state index in [0.717, 1.165) is 25.0 Å². The maximum absolute atomic E-state index is 5.93. The molecule has 2 aliphatic rings. The zero-order chi connectivity index (χ0) is 11.4. The van der Waals surface area contributed by atoms with E-state index in [1.165, 1.54) is 38.5 Å². The Hall–Kier alpha value is -0.0800. The summed E-state index contributed by atoms with van der Waals surface area (Å²) in [4.78, 5) is 0. The van der Waals surface area contributed by atoms with Gasteiger partial charge in [-0.15, -0.1) is 0 Å². The predicted octanol–water partition coefficient (Wildman–Crippen LogP) is 2.97. The molecule has 0 spiro atoms. The third-order valence-corrected chi connectivity index (χ3v) is 4.37. The molecule has 16 heavy (non-hydrogen) atoms.